The SMILES string of the molecule is Cc1ccc(CC(=O)N(Cc2ccc(C)cc2)[C@@H](Cc2ccccc2)C(=O)NC2CCCCC2)cc1. The molecule has 4 nitrogen and oxygen atoms in total. The van der Waals surface area contributed by atoms with Gasteiger partial charge in [-0.05, 0) is 43.4 Å². The van der Waals surface area contributed by atoms with E-state index in [1.807, 2.05) is 61.5 Å². The van der Waals surface area contributed by atoms with Gasteiger partial charge in [0.1, 0.15) is 6.04 Å². The lowest BCUT2D eigenvalue weighted by atomic mass is 9.94. The Morgan fingerprint density at radius 3 is 1.97 bits per heavy atom. The minimum atomic E-state index is -0.575. The van der Waals surface area contributed by atoms with Crippen LogP contribution in [-0.4, -0.2) is 28.8 Å². The van der Waals surface area contributed by atoms with Crippen molar-refractivity contribution in [1.29, 1.82) is 0 Å². The third-order valence-corrected chi connectivity index (χ3v) is 7.17. The fourth-order valence-corrected chi connectivity index (χ4v) is 4.97. The number of benzene rings is 3. The molecule has 4 rings (SSSR count). The van der Waals surface area contributed by atoms with Crippen LogP contribution in [0.1, 0.15) is 59.9 Å². The Hall–Kier alpha value is -3.40. The molecule has 1 fully saturated rings. The highest BCUT2D eigenvalue weighted by molar-refractivity contribution is 5.89. The molecule has 2 amide bonds. The van der Waals surface area contributed by atoms with Crippen LogP contribution in [0.3, 0.4) is 0 Å². The highest BCUT2D eigenvalue weighted by Crippen LogP contribution is 2.20. The summed E-state index contributed by atoms with van der Waals surface area (Å²) in [6.07, 6.45) is 6.31. The maximum Gasteiger partial charge on any atom is 0.243 e. The molecule has 3 aromatic rings. The molecule has 0 unspecified atom stereocenters. The summed E-state index contributed by atoms with van der Waals surface area (Å²) in [7, 11) is 0. The number of carbonyl (C=O) groups is 2. The maximum absolute atomic E-state index is 13.8. The van der Waals surface area contributed by atoms with Gasteiger partial charge in [0.15, 0.2) is 0 Å². The van der Waals surface area contributed by atoms with E-state index >= 15 is 0 Å². The summed E-state index contributed by atoms with van der Waals surface area (Å²) >= 11 is 0. The van der Waals surface area contributed by atoms with Gasteiger partial charge in [-0.15, -0.1) is 0 Å². The van der Waals surface area contributed by atoms with Crippen LogP contribution >= 0.6 is 0 Å². The van der Waals surface area contributed by atoms with Crippen LogP contribution in [0.5, 0.6) is 0 Å². The largest absolute Gasteiger partial charge is 0.352 e. The van der Waals surface area contributed by atoms with Crippen LogP contribution in [0.15, 0.2) is 78.9 Å². The standard InChI is InChI=1S/C32H38N2O2/c1-24-13-17-27(18-14-24)22-31(35)34(23-28-19-15-25(2)16-20-28)30(21-26-9-5-3-6-10-26)32(36)33-29-11-7-4-8-12-29/h3,5-6,9-10,13-20,29-30H,4,7-8,11-12,21-23H2,1-2H3,(H,33,36)/t30-/m0/s1. The molecule has 0 spiro atoms. The van der Waals surface area contributed by atoms with E-state index in [-0.39, 0.29) is 24.3 Å². The number of aryl methyl sites for hydroxylation is 2. The zero-order chi connectivity index (χ0) is 25.3. The van der Waals surface area contributed by atoms with Crippen molar-refractivity contribution < 1.29 is 9.59 Å². The van der Waals surface area contributed by atoms with Crippen molar-refractivity contribution in [1.82, 2.24) is 10.2 Å². The highest BCUT2D eigenvalue weighted by atomic mass is 16.2. The minimum Gasteiger partial charge on any atom is -0.352 e. The van der Waals surface area contributed by atoms with Crippen LogP contribution in [0.4, 0.5) is 0 Å². The lowest BCUT2D eigenvalue weighted by Crippen LogP contribution is -2.53. The molecule has 0 aliphatic heterocycles. The Balaban J connectivity index is 1.64. The second-order valence-corrected chi connectivity index (χ2v) is 10.2. The number of hydrogen-bond acceptors (Lipinski definition) is 2. The molecular weight excluding hydrogens is 444 g/mol. The minimum absolute atomic E-state index is 0.0286. The molecule has 0 radical (unpaired) electrons. The van der Waals surface area contributed by atoms with Gasteiger partial charge in [-0.3, -0.25) is 9.59 Å². The summed E-state index contributed by atoms with van der Waals surface area (Å²) in [5.74, 6) is -0.0747. The van der Waals surface area contributed by atoms with E-state index in [4.69, 9.17) is 0 Å². The van der Waals surface area contributed by atoms with Gasteiger partial charge in [0.05, 0.1) is 6.42 Å². The summed E-state index contributed by atoms with van der Waals surface area (Å²) in [4.78, 5) is 29.4. The number of amides is 2. The average molecular weight is 483 g/mol. The quantitative estimate of drug-likeness (QED) is 0.411. The van der Waals surface area contributed by atoms with Gasteiger partial charge in [0, 0.05) is 19.0 Å². The Morgan fingerprint density at radius 1 is 0.778 bits per heavy atom. The van der Waals surface area contributed by atoms with E-state index in [0.717, 1.165) is 47.9 Å². The first-order chi connectivity index (χ1) is 17.5. The number of hydrogen-bond donors (Lipinski definition) is 1. The fourth-order valence-electron chi connectivity index (χ4n) is 4.97. The molecule has 0 bridgehead atoms. The van der Waals surface area contributed by atoms with Crippen LogP contribution in [0.25, 0.3) is 0 Å². The van der Waals surface area contributed by atoms with E-state index in [9.17, 15) is 9.59 Å². The first kappa shape index (κ1) is 25.7. The second kappa shape index (κ2) is 12.5. The third-order valence-electron chi connectivity index (χ3n) is 7.17. The summed E-state index contributed by atoms with van der Waals surface area (Å²) in [6, 6.07) is 26.0. The van der Waals surface area contributed by atoms with Gasteiger partial charge in [-0.25, -0.2) is 0 Å². The smallest absolute Gasteiger partial charge is 0.243 e. The predicted octanol–water partition coefficient (Wildman–Crippen LogP) is 5.93. The Bertz CT molecular complexity index is 1120. The third kappa shape index (κ3) is 7.30. The molecule has 1 aliphatic carbocycles. The normalized spacial score (nSPS) is 14.7. The zero-order valence-electron chi connectivity index (χ0n) is 21.6. The summed E-state index contributed by atoms with van der Waals surface area (Å²) in [5.41, 5.74) is 5.38. The van der Waals surface area contributed by atoms with Crippen molar-refractivity contribution in [3.05, 3.63) is 107 Å². The van der Waals surface area contributed by atoms with Crippen molar-refractivity contribution in [2.24, 2.45) is 0 Å². The number of rotatable bonds is 9. The van der Waals surface area contributed by atoms with Crippen LogP contribution in [0, 0.1) is 13.8 Å². The predicted molar refractivity (Wildman–Crippen MR) is 146 cm³/mol. The van der Waals surface area contributed by atoms with Gasteiger partial charge < -0.3 is 10.2 Å². The monoisotopic (exact) mass is 482 g/mol. The van der Waals surface area contributed by atoms with Crippen molar-refractivity contribution >= 4 is 11.8 Å². The van der Waals surface area contributed by atoms with Crippen molar-refractivity contribution in [2.45, 2.75) is 77.4 Å². The molecule has 4 heteroatoms. The maximum atomic E-state index is 13.8. The molecule has 188 valence electrons. The Kier molecular flexibility index (Phi) is 8.94. The Labute approximate surface area is 215 Å². The molecule has 0 heterocycles. The van der Waals surface area contributed by atoms with Crippen LogP contribution < -0.4 is 5.32 Å². The second-order valence-electron chi connectivity index (χ2n) is 10.2. The van der Waals surface area contributed by atoms with E-state index in [0.29, 0.717) is 13.0 Å². The van der Waals surface area contributed by atoms with Crippen molar-refractivity contribution in [3.8, 4) is 0 Å². The number of nitrogens with zero attached hydrogens (tertiary/aromatic N) is 1. The topological polar surface area (TPSA) is 49.4 Å². The first-order valence-electron chi connectivity index (χ1n) is 13.2. The zero-order valence-corrected chi connectivity index (χ0v) is 21.6. The van der Waals surface area contributed by atoms with Gasteiger partial charge >= 0.3 is 0 Å². The fraction of sp³-hybridized carbons (Fsp3) is 0.375. The van der Waals surface area contributed by atoms with Gasteiger partial charge in [-0.1, -0.05) is 109 Å². The van der Waals surface area contributed by atoms with Gasteiger partial charge in [0.25, 0.3) is 0 Å². The lowest BCUT2D eigenvalue weighted by molar-refractivity contribution is -0.141. The summed E-state index contributed by atoms with van der Waals surface area (Å²) in [5, 5.41) is 3.31. The Morgan fingerprint density at radius 2 is 1.36 bits per heavy atom. The molecule has 1 N–H and O–H groups in total. The molecule has 36 heavy (non-hydrogen) atoms. The van der Waals surface area contributed by atoms with Crippen molar-refractivity contribution in [2.75, 3.05) is 0 Å². The lowest BCUT2D eigenvalue weighted by Gasteiger charge is -2.33. The summed E-state index contributed by atoms with van der Waals surface area (Å²) in [6.45, 7) is 4.50. The van der Waals surface area contributed by atoms with Crippen molar-refractivity contribution in [3.63, 3.8) is 0 Å². The summed E-state index contributed by atoms with van der Waals surface area (Å²) < 4.78 is 0. The molecule has 1 atom stereocenters. The van der Waals surface area contributed by atoms with E-state index in [2.05, 4.69) is 36.5 Å². The highest BCUT2D eigenvalue weighted by Gasteiger charge is 2.31. The van der Waals surface area contributed by atoms with Crippen LogP contribution in [0.2, 0.25) is 0 Å². The molecule has 0 saturated heterocycles. The van der Waals surface area contributed by atoms with Crippen LogP contribution in [-0.2, 0) is 29.0 Å². The molecule has 0 aromatic heterocycles. The average Bonchev–Trinajstić information content (AvgIpc) is 2.89. The number of carbonyl (C=O) groups excluding carboxylic acids is 2. The molecular formula is C32H38N2O2. The number of nitrogens with one attached hydrogen (secondary N) is 1. The molecule has 3 aromatic carbocycles. The van der Waals surface area contributed by atoms with E-state index in [1.165, 1.54) is 12.0 Å². The van der Waals surface area contributed by atoms with Gasteiger partial charge in [-0.2, -0.15) is 0 Å². The van der Waals surface area contributed by atoms with E-state index < -0.39 is 6.04 Å². The van der Waals surface area contributed by atoms with Gasteiger partial charge in [0.2, 0.25) is 11.8 Å². The van der Waals surface area contributed by atoms with E-state index in [1.54, 1.807) is 4.90 Å². The molecule has 1 saturated carbocycles. The molecule has 1 aliphatic rings. The first-order valence-corrected chi connectivity index (χ1v) is 13.2.